The summed E-state index contributed by atoms with van der Waals surface area (Å²) in [6.45, 7) is 1.10. The highest BCUT2D eigenvalue weighted by Gasteiger charge is 2.25. The molecule has 0 aliphatic carbocycles. The molecule has 6 nitrogen and oxygen atoms in total. The molecular formula is C12H17N3O3. The molecule has 0 atom stereocenters. The molecule has 0 bridgehead atoms. The lowest BCUT2D eigenvalue weighted by Crippen LogP contribution is -2.36. The van der Waals surface area contributed by atoms with Crippen LogP contribution >= 0.6 is 0 Å². The molecule has 1 saturated heterocycles. The van der Waals surface area contributed by atoms with E-state index in [0.29, 0.717) is 18.9 Å². The monoisotopic (exact) mass is 251 g/mol. The summed E-state index contributed by atoms with van der Waals surface area (Å²) in [4.78, 5) is 16.4. The normalized spacial score (nSPS) is 16.6. The molecule has 1 amide bonds. The number of carbonyl (C=O) groups is 1. The average molecular weight is 251 g/mol. The number of nitrogen functional groups attached to an aromatic ring is 1. The van der Waals surface area contributed by atoms with Crippen molar-refractivity contribution in [2.45, 2.75) is 18.8 Å². The van der Waals surface area contributed by atoms with Gasteiger partial charge in [0, 0.05) is 30.9 Å². The van der Waals surface area contributed by atoms with Crippen molar-refractivity contribution in [3.8, 4) is 5.75 Å². The maximum atomic E-state index is 10.8. The number of rotatable bonds is 2. The first kappa shape index (κ1) is 12.5. The van der Waals surface area contributed by atoms with Gasteiger partial charge in [0.15, 0.2) is 0 Å². The van der Waals surface area contributed by atoms with Gasteiger partial charge in [0.25, 0.3) is 0 Å². The summed E-state index contributed by atoms with van der Waals surface area (Å²) in [5.41, 5.74) is 6.63. The van der Waals surface area contributed by atoms with Crippen LogP contribution in [0.5, 0.6) is 5.75 Å². The molecule has 6 heteroatoms. The van der Waals surface area contributed by atoms with Gasteiger partial charge in [-0.05, 0) is 18.8 Å². The van der Waals surface area contributed by atoms with E-state index in [2.05, 4.69) is 4.98 Å². The van der Waals surface area contributed by atoms with Crippen molar-refractivity contribution < 1.29 is 14.6 Å². The van der Waals surface area contributed by atoms with Crippen LogP contribution in [0, 0.1) is 0 Å². The van der Waals surface area contributed by atoms with Crippen molar-refractivity contribution in [1.29, 1.82) is 0 Å². The van der Waals surface area contributed by atoms with Gasteiger partial charge in [0.2, 0.25) is 0 Å². The summed E-state index contributed by atoms with van der Waals surface area (Å²) in [7, 11) is 1.60. The molecule has 2 rings (SSSR count). The lowest BCUT2D eigenvalue weighted by atomic mass is 9.90. The third kappa shape index (κ3) is 2.47. The molecular weight excluding hydrogens is 234 g/mol. The third-order valence-corrected chi connectivity index (χ3v) is 3.34. The summed E-state index contributed by atoms with van der Waals surface area (Å²) < 4.78 is 5.30. The highest BCUT2D eigenvalue weighted by atomic mass is 16.5. The molecule has 0 saturated carbocycles. The smallest absolute Gasteiger partial charge is 0.407 e. The van der Waals surface area contributed by atoms with Gasteiger partial charge >= 0.3 is 6.09 Å². The minimum Gasteiger partial charge on any atom is -0.496 e. The minimum atomic E-state index is -0.851. The van der Waals surface area contributed by atoms with Crippen molar-refractivity contribution in [1.82, 2.24) is 9.88 Å². The molecule has 1 fully saturated rings. The van der Waals surface area contributed by atoms with Crippen molar-refractivity contribution in [2.24, 2.45) is 0 Å². The van der Waals surface area contributed by atoms with Crippen molar-refractivity contribution in [2.75, 3.05) is 25.9 Å². The predicted octanol–water partition coefficient (Wildman–Crippen LogP) is 1.53. The Bertz CT molecular complexity index is 442. The zero-order chi connectivity index (χ0) is 13.1. The first-order valence-corrected chi connectivity index (χ1v) is 5.89. The Labute approximate surface area is 105 Å². The van der Waals surface area contributed by atoms with Crippen LogP contribution in [0.15, 0.2) is 12.3 Å². The highest BCUT2D eigenvalue weighted by molar-refractivity contribution is 5.65. The summed E-state index contributed by atoms with van der Waals surface area (Å²) in [6, 6.07) is 1.71. The molecule has 1 aromatic rings. The Morgan fingerprint density at radius 1 is 1.56 bits per heavy atom. The Morgan fingerprint density at radius 2 is 2.22 bits per heavy atom. The van der Waals surface area contributed by atoms with Crippen LogP contribution in [0.2, 0.25) is 0 Å². The number of pyridine rings is 1. The second kappa shape index (κ2) is 5.12. The predicted molar refractivity (Wildman–Crippen MR) is 66.8 cm³/mol. The maximum absolute atomic E-state index is 10.8. The molecule has 98 valence electrons. The number of hydrogen-bond acceptors (Lipinski definition) is 4. The summed E-state index contributed by atoms with van der Waals surface area (Å²) in [6.07, 6.45) is 2.45. The van der Waals surface area contributed by atoms with Crippen molar-refractivity contribution in [3.63, 3.8) is 0 Å². The quantitative estimate of drug-likeness (QED) is 0.832. The molecule has 0 radical (unpaired) electrons. The number of nitrogens with two attached hydrogens (primary N) is 1. The van der Waals surface area contributed by atoms with Crippen LogP contribution in [0.3, 0.4) is 0 Å². The molecule has 18 heavy (non-hydrogen) atoms. The first-order valence-electron chi connectivity index (χ1n) is 5.89. The molecule has 2 heterocycles. The van der Waals surface area contributed by atoms with Crippen LogP contribution in [-0.4, -0.2) is 41.3 Å². The van der Waals surface area contributed by atoms with Gasteiger partial charge in [0.05, 0.1) is 7.11 Å². The Balaban J connectivity index is 2.12. The Hall–Kier alpha value is -1.98. The number of carboxylic acid groups (broad SMARTS) is 1. The minimum absolute atomic E-state index is 0.281. The second-order valence-corrected chi connectivity index (χ2v) is 4.40. The lowest BCUT2D eigenvalue weighted by molar-refractivity contribution is 0.132. The number of ether oxygens (including phenoxy) is 1. The van der Waals surface area contributed by atoms with E-state index in [1.807, 2.05) is 0 Å². The van der Waals surface area contributed by atoms with Gasteiger partial charge < -0.3 is 20.5 Å². The zero-order valence-electron chi connectivity index (χ0n) is 10.3. The number of piperidine rings is 1. The Morgan fingerprint density at radius 3 is 2.78 bits per heavy atom. The summed E-state index contributed by atoms with van der Waals surface area (Å²) >= 11 is 0. The number of likely N-dealkylation sites (tertiary alicyclic amines) is 1. The van der Waals surface area contributed by atoms with E-state index < -0.39 is 6.09 Å². The average Bonchev–Trinajstić information content (AvgIpc) is 2.38. The third-order valence-electron chi connectivity index (χ3n) is 3.34. The first-order chi connectivity index (χ1) is 8.61. The molecule has 1 aromatic heterocycles. The fourth-order valence-electron chi connectivity index (χ4n) is 2.33. The number of methoxy groups -OCH3 is 1. The molecule has 1 aliphatic rings. The van der Waals surface area contributed by atoms with Gasteiger partial charge in [-0.15, -0.1) is 0 Å². The van der Waals surface area contributed by atoms with E-state index in [0.717, 1.165) is 24.2 Å². The molecule has 0 spiro atoms. The largest absolute Gasteiger partial charge is 0.496 e. The van der Waals surface area contributed by atoms with E-state index in [1.54, 1.807) is 19.4 Å². The summed E-state index contributed by atoms with van der Waals surface area (Å²) in [5, 5.41) is 8.90. The van der Waals surface area contributed by atoms with Crippen LogP contribution in [0.4, 0.5) is 10.6 Å². The van der Waals surface area contributed by atoms with Gasteiger partial charge in [-0.3, -0.25) is 0 Å². The number of anilines is 1. The van der Waals surface area contributed by atoms with E-state index >= 15 is 0 Å². The van der Waals surface area contributed by atoms with Crippen LogP contribution < -0.4 is 10.5 Å². The highest BCUT2D eigenvalue weighted by Crippen LogP contribution is 2.34. The second-order valence-electron chi connectivity index (χ2n) is 4.40. The zero-order valence-corrected chi connectivity index (χ0v) is 10.3. The SMILES string of the molecule is COc1cc(N)ncc1C1CCN(C(=O)O)CC1. The van der Waals surface area contributed by atoms with Gasteiger partial charge in [-0.2, -0.15) is 0 Å². The van der Waals surface area contributed by atoms with Gasteiger partial charge in [0.1, 0.15) is 11.6 Å². The van der Waals surface area contributed by atoms with Crippen molar-refractivity contribution in [3.05, 3.63) is 17.8 Å². The molecule has 1 aliphatic heterocycles. The molecule has 0 unspecified atom stereocenters. The molecule has 0 aromatic carbocycles. The fraction of sp³-hybridized carbons (Fsp3) is 0.500. The van der Waals surface area contributed by atoms with E-state index in [-0.39, 0.29) is 5.92 Å². The Kier molecular flexibility index (Phi) is 3.55. The van der Waals surface area contributed by atoms with Gasteiger partial charge in [-0.25, -0.2) is 9.78 Å². The number of amides is 1. The van der Waals surface area contributed by atoms with E-state index in [4.69, 9.17) is 15.6 Å². The van der Waals surface area contributed by atoms with E-state index in [9.17, 15) is 4.79 Å². The number of hydrogen-bond donors (Lipinski definition) is 2. The fourth-order valence-corrected chi connectivity index (χ4v) is 2.33. The van der Waals surface area contributed by atoms with E-state index in [1.165, 1.54) is 4.90 Å². The summed E-state index contributed by atoms with van der Waals surface area (Å²) in [5.74, 6) is 1.44. The van der Waals surface area contributed by atoms with Crippen LogP contribution in [0.25, 0.3) is 0 Å². The van der Waals surface area contributed by atoms with Gasteiger partial charge in [-0.1, -0.05) is 0 Å². The van der Waals surface area contributed by atoms with Crippen LogP contribution in [0.1, 0.15) is 24.3 Å². The standard InChI is InChI=1S/C12H17N3O3/c1-18-10-6-11(13)14-7-9(10)8-2-4-15(5-3-8)12(16)17/h6-8H,2-5H2,1H3,(H2,13,14)(H,16,17). The lowest BCUT2D eigenvalue weighted by Gasteiger charge is -2.30. The molecule has 3 N–H and O–H groups in total. The van der Waals surface area contributed by atoms with Crippen LogP contribution in [-0.2, 0) is 0 Å². The maximum Gasteiger partial charge on any atom is 0.407 e. The number of nitrogens with zero attached hydrogens (tertiary/aromatic N) is 2. The van der Waals surface area contributed by atoms with Crippen molar-refractivity contribution >= 4 is 11.9 Å². The topological polar surface area (TPSA) is 88.7 Å². The number of aromatic nitrogens is 1.